The molecular weight excluding hydrogens is 238 g/mol. The van der Waals surface area contributed by atoms with Crippen molar-refractivity contribution in [3.8, 4) is 5.75 Å². The summed E-state index contributed by atoms with van der Waals surface area (Å²) in [6, 6.07) is 6.91. The van der Waals surface area contributed by atoms with E-state index in [4.69, 9.17) is 4.74 Å². The molecule has 1 saturated carbocycles. The zero-order valence-electron chi connectivity index (χ0n) is 11.6. The van der Waals surface area contributed by atoms with Crippen LogP contribution in [0.3, 0.4) is 0 Å². The van der Waals surface area contributed by atoms with Gasteiger partial charge in [0.1, 0.15) is 5.75 Å². The molecule has 3 heteroatoms. The second-order valence-electron chi connectivity index (χ2n) is 6.18. The molecule has 0 amide bonds. The Morgan fingerprint density at radius 3 is 3.21 bits per heavy atom. The molecule has 3 rings (SSSR count). The lowest BCUT2D eigenvalue weighted by Gasteiger charge is -2.30. The van der Waals surface area contributed by atoms with Gasteiger partial charge in [-0.15, -0.1) is 0 Å². The van der Waals surface area contributed by atoms with Crippen LogP contribution in [-0.4, -0.2) is 24.4 Å². The molecule has 1 aromatic rings. The van der Waals surface area contributed by atoms with Crippen LogP contribution in [0.1, 0.15) is 37.3 Å². The van der Waals surface area contributed by atoms with Gasteiger partial charge < -0.3 is 15.2 Å². The number of nitrogens with one attached hydrogen (secondary N) is 1. The highest BCUT2D eigenvalue weighted by Gasteiger charge is 2.37. The molecule has 0 saturated heterocycles. The highest BCUT2D eigenvalue weighted by Crippen LogP contribution is 2.37. The van der Waals surface area contributed by atoms with Crippen molar-refractivity contribution >= 4 is 0 Å². The van der Waals surface area contributed by atoms with Crippen LogP contribution in [0, 0.1) is 5.41 Å². The summed E-state index contributed by atoms with van der Waals surface area (Å²) in [5, 5.41) is 13.2. The first-order valence-corrected chi connectivity index (χ1v) is 7.30. The van der Waals surface area contributed by atoms with Gasteiger partial charge >= 0.3 is 0 Å². The molecular formula is C16H23NO2. The Hall–Kier alpha value is -1.06. The molecule has 0 spiro atoms. The van der Waals surface area contributed by atoms with Crippen LogP contribution in [0.15, 0.2) is 18.2 Å². The van der Waals surface area contributed by atoms with Gasteiger partial charge in [-0.05, 0) is 30.0 Å². The number of hydrogen-bond acceptors (Lipinski definition) is 3. The smallest absolute Gasteiger partial charge is 0.122 e. The standard InChI is InChI=1S/C16H23NO2/c1-16(11-18)7-2-3-15(16)17-10-12-4-5-14-13(9-12)6-8-19-14/h4-5,9,15,17-18H,2-3,6-8,10-11H2,1H3. The van der Waals surface area contributed by atoms with Crippen molar-refractivity contribution in [2.24, 2.45) is 5.41 Å². The predicted molar refractivity (Wildman–Crippen MR) is 75.3 cm³/mol. The van der Waals surface area contributed by atoms with Gasteiger partial charge in [0.05, 0.1) is 6.61 Å². The average molecular weight is 261 g/mol. The van der Waals surface area contributed by atoms with Gasteiger partial charge in [-0.3, -0.25) is 0 Å². The first-order chi connectivity index (χ1) is 9.21. The summed E-state index contributed by atoms with van der Waals surface area (Å²) >= 11 is 0. The Morgan fingerprint density at radius 1 is 1.47 bits per heavy atom. The van der Waals surface area contributed by atoms with Crippen LogP contribution >= 0.6 is 0 Å². The molecule has 2 unspecified atom stereocenters. The zero-order valence-corrected chi connectivity index (χ0v) is 11.6. The molecule has 1 fully saturated rings. The Bertz CT molecular complexity index is 460. The van der Waals surface area contributed by atoms with Gasteiger partial charge in [-0.1, -0.05) is 25.5 Å². The normalized spacial score (nSPS) is 29.3. The van der Waals surface area contributed by atoms with E-state index in [0.717, 1.165) is 31.7 Å². The maximum Gasteiger partial charge on any atom is 0.122 e. The molecule has 0 radical (unpaired) electrons. The highest BCUT2D eigenvalue weighted by atomic mass is 16.5. The fraction of sp³-hybridized carbons (Fsp3) is 0.625. The largest absolute Gasteiger partial charge is 0.493 e. The van der Waals surface area contributed by atoms with Gasteiger partial charge in [0.15, 0.2) is 0 Å². The first-order valence-electron chi connectivity index (χ1n) is 7.30. The summed E-state index contributed by atoms with van der Waals surface area (Å²) in [7, 11) is 0. The van der Waals surface area contributed by atoms with Crippen LogP contribution < -0.4 is 10.1 Å². The number of hydrogen-bond donors (Lipinski definition) is 2. The van der Waals surface area contributed by atoms with E-state index >= 15 is 0 Å². The Balaban J connectivity index is 1.63. The summed E-state index contributed by atoms with van der Waals surface area (Å²) in [6.45, 7) is 4.17. The third kappa shape index (κ3) is 2.49. The van der Waals surface area contributed by atoms with Gasteiger partial charge in [0, 0.05) is 31.0 Å². The van der Waals surface area contributed by atoms with Crippen molar-refractivity contribution in [3.63, 3.8) is 0 Å². The van der Waals surface area contributed by atoms with Crippen molar-refractivity contribution in [1.29, 1.82) is 0 Å². The minimum Gasteiger partial charge on any atom is -0.493 e. The maximum absolute atomic E-state index is 9.56. The molecule has 1 aliphatic heterocycles. The van der Waals surface area contributed by atoms with E-state index in [1.165, 1.54) is 24.0 Å². The molecule has 1 heterocycles. The Labute approximate surface area is 115 Å². The monoisotopic (exact) mass is 261 g/mol. The minimum absolute atomic E-state index is 0.0554. The number of aliphatic hydroxyl groups excluding tert-OH is 1. The predicted octanol–water partition coefficient (Wildman–Crippen LogP) is 2.26. The van der Waals surface area contributed by atoms with E-state index in [0.29, 0.717) is 6.04 Å². The second-order valence-corrected chi connectivity index (χ2v) is 6.18. The summed E-state index contributed by atoms with van der Waals surface area (Å²) in [4.78, 5) is 0. The Kier molecular flexibility index (Phi) is 3.50. The molecule has 3 nitrogen and oxygen atoms in total. The average Bonchev–Trinajstić information content (AvgIpc) is 3.03. The maximum atomic E-state index is 9.56. The van der Waals surface area contributed by atoms with Crippen LogP contribution in [0.2, 0.25) is 0 Å². The van der Waals surface area contributed by atoms with Crippen molar-refractivity contribution in [1.82, 2.24) is 5.32 Å². The van der Waals surface area contributed by atoms with Crippen molar-refractivity contribution in [2.75, 3.05) is 13.2 Å². The fourth-order valence-corrected chi connectivity index (χ4v) is 3.36. The summed E-state index contributed by atoms with van der Waals surface area (Å²) in [6.07, 6.45) is 4.54. The molecule has 1 aromatic carbocycles. The van der Waals surface area contributed by atoms with E-state index < -0.39 is 0 Å². The molecule has 2 atom stereocenters. The van der Waals surface area contributed by atoms with E-state index in [9.17, 15) is 5.11 Å². The van der Waals surface area contributed by atoms with Crippen molar-refractivity contribution < 1.29 is 9.84 Å². The number of rotatable bonds is 4. The lowest BCUT2D eigenvalue weighted by Crippen LogP contribution is -2.41. The second kappa shape index (κ2) is 5.14. The molecule has 2 N–H and O–H groups in total. The third-order valence-electron chi connectivity index (χ3n) is 4.75. The first kappa shape index (κ1) is 12.9. The van der Waals surface area contributed by atoms with Gasteiger partial charge in [0.2, 0.25) is 0 Å². The van der Waals surface area contributed by atoms with E-state index in [-0.39, 0.29) is 12.0 Å². The van der Waals surface area contributed by atoms with Gasteiger partial charge in [-0.25, -0.2) is 0 Å². The van der Waals surface area contributed by atoms with Crippen LogP contribution in [0.5, 0.6) is 5.75 Å². The van der Waals surface area contributed by atoms with E-state index in [1.807, 2.05) is 0 Å². The zero-order chi connectivity index (χ0) is 13.3. The van der Waals surface area contributed by atoms with Crippen LogP contribution in [0.25, 0.3) is 0 Å². The SMILES string of the molecule is CC1(CO)CCCC1NCc1ccc2c(c1)CCO2. The minimum atomic E-state index is 0.0554. The molecule has 0 aromatic heterocycles. The van der Waals surface area contributed by atoms with Crippen molar-refractivity contribution in [2.45, 2.75) is 45.2 Å². The number of benzene rings is 1. The summed E-state index contributed by atoms with van der Waals surface area (Å²) in [5.41, 5.74) is 2.70. The summed E-state index contributed by atoms with van der Waals surface area (Å²) < 4.78 is 5.53. The lowest BCUT2D eigenvalue weighted by atomic mass is 9.85. The molecule has 0 bridgehead atoms. The quantitative estimate of drug-likeness (QED) is 0.873. The van der Waals surface area contributed by atoms with E-state index in [2.05, 4.69) is 30.4 Å². The topological polar surface area (TPSA) is 41.5 Å². The number of aliphatic hydroxyl groups is 1. The van der Waals surface area contributed by atoms with Crippen LogP contribution in [0.4, 0.5) is 0 Å². The molecule has 104 valence electrons. The summed E-state index contributed by atoms with van der Waals surface area (Å²) in [5.74, 6) is 1.05. The molecule has 2 aliphatic rings. The third-order valence-corrected chi connectivity index (χ3v) is 4.75. The number of ether oxygens (including phenoxy) is 1. The van der Waals surface area contributed by atoms with Gasteiger partial charge in [-0.2, -0.15) is 0 Å². The van der Waals surface area contributed by atoms with Crippen LogP contribution in [-0.2, 0) is 13.0 Å². The highest BCUT2D eigenvalue weighted by molar-refractivity contribution is 5.39. The lowest BCUT2D eigenvalue weighted by molar-refractivity contribution is 0.118. The van der Waals surface area contributed by atoms with Crippen molar-refractivity contribution in [3.05, 3.63) is 29.3 Å². The fourth-order valence-electron chi connectivity index (χ4n) is 3.36. The van der Waals surface area contributed by atoms with E-state index in [1.54, 1.807) is 0 Å². The number of fused-ring (bicyclic) bond motifs is 1. The van der Waals surface area contributed by atoms with Gasteiger partial charge in [0.25, 0.3) is 0 Å². The Morgan fingerprint density at radius 2 is 2.37 bits per heavy atom. The molecule has 1 aliphatic carbocycles. The molecule has 19 heavy (non-hydrogen) atoms.